The van der Waals surface area contributed by atoms with Crippen molar-refractivity contribution in [2.45, 2.75) is 5.72 Å². The van der Waals surface area contributed by atoms with Gasteiger partial charge in [0.2, 0.25) is 0 Å². The summed E-state index contributed by atoms with van der Waals surface area (Å²) >= 11 is 1.70. The van der Waals surface area contributed by atoms with Gasteiger partial charge in [-0.3, -0.25) is 10.1 Å². The van der Waals surface area contributed by atoms with Gasteiger partial charge in [-0.05, 0) is 23.9 Å². The highest BCUT2D eigenvalue weighted by molar-refractivity contribution is 8.14. The zero-order valence-corrected chi connectivity index (χ0v) is 13.6. The summed E-state index contributed by atoms with van der Waals surface area (Å²) in [5.41, 5.74) is 0.289. The van der Waals surface area contributed by atoms with Crippen molar-refractivity contribution in [2.24, 2.45) is 0 Å². The number of benzene rings is 2. The van der Waals surface area contributed by atoms with Crippen LogP contribution in [0, 0.1) is 10.1 Å². The zero-order valence-electron chi connectivity index (χ0n) is 12.8. The van der Waals surface area contributed by atoms with Crippen LogP contribution >= 0.6 is 11.8 Å². The summed E-state index contributed by atoms with van der Waals surface area (Å²) in [6, 6.07) is 16.2. The summed E-state index contributed by atoms with van der Waals surface area (Å²) in [4.78, 5) is 12.7. The third-order valence-electron chi connectivity index (χ3n) is 4.42. The summed E-state index contributed by atoms with van der Waals surface area (Å²) in [6.45, 7) is 1.06. The van der Waals surface area contributed by atoms with E-state index in [-0.39, 0.29) is 5.69 Å². The number of nitrogens with zero attached hydrogens (tertiary/aromatic N) is 3. The molecule has 1 atom stereocenters. The number of hydrogen-bond acceptors (Lipinski definition) is 5. The Morgan fingerprint density at radius 1 is 1.21 bits per heavy atom. The smallest absolute Gasteiger partial charge is 0.316 e. The normalized spacial score (nSPS) is 22.8. The largest absolute Gasteiger partial charge is 0.346 e. The molecular formula is C17H16N3O3S+. The number of rotatable bonds is 3. The maximum Gasteiger partial charge on any atom is 0.316 e. The van der Waals surface area contributed by atoms with Crippen LogP contribution in [-0.2, 0) is 5.72 Å². The van der Waals surface area contributed by atoms with Crippen LogP contribution < -0.4 is 4.90 Å². The molecule has 0 aromatic heterocycles. The monoisotopic (exact) mass is 342 g/mol. The maximum atomic E-state index is 11.4. The Labute approximate surface area is 143 Å². The fourth-order valence-corrected chi connectivity index (χ4v) is 4.45. The van der Waals surface area contributed by atoms with Crippen LogP contribution in [0.25, 0.3) is 0 Å². The molecule has 2 aliphatic heterocycles. The average molecular weight is 342 g/mol. The molecule has 0 amide bonds. The third-order valence-corrected chi connectivity index (χ3v) is 5.51. The van der Waals surface area contributed by atoms with Crippen molar-refractivity contribution < 1.29 is 14.6 Å². The number of β-amino-alcohol motifs (C(OH)–C–C–N with tert-alkyl or cyclic N) is 1. The predicted octanol–water partition coefficient (Wildman–Crippen LogP) is 2.38. The highest BCUT2D eigenvalue weighted by atomic mass is 32.2. The second kappa shape index (κ2) is 5.61. The summed E-state index contributed by atoms with van der Waals surface area (Å²) in [6.07, 6.45) is 0. The average Bonchev–Trinajstić information content (AvgIpc) is 3.19. The highest BCUT2D eigenvalue weighted by Gasteiger charge is 2.54. The van der Waals surface area contributed by atoms with Gasteiger partial charge in [0.25, 0.3) is 11.4 Å². The second-order valence-corrected chi connectivity index (χ2v) is 6.89. The molecule has 6 nitrogen and oxygen atoms in total. The summed E-state index contributed by atoms with van der Waals surface area (Å²) in [7, 11) is 0. The van der Waals surface area contributed by atoms with Crippen molar-refractivity contribution in [3.8, 4) is 0 Å². The molecule has 1 unspecified atom stereocenters. The van der Waals surface area contributed by atoms with Gasteiger partial charge in [-0.1, -0.05) is 30.3 Å². The number of thioether (sulfide) groups is 1. The Hall–Kier alpha value is -2.38. The van der Waals surface area contributed by atoms with Crippen LogP contribution in [0.3, 0.4) is 0 Å². The van der Waals surface area contributed by atoms with Gasteiger partial charge in [0.05, 0.1) is 11.5 Å². The third kappa shape index (κ3) is 2.28. The standard InChI is InChI=1S/C17H16N3O3S/c21-17(13-5-4-8-15(11-13)20(22)23)12-18(14-6-2-1-3-7-14)16-19(17)9-10-24-16/h1-8,11,21H,9-10,12H2/q+1. The molecule has 7 heteroatoms. The lowest BCUT2D eigenvalue weighted by Crippen LogP contribution is -2.41. The molecule has 0 bridgehead atoms. The topological polar surface area (TPSA) is 69.6 Å². The van der Waals surface area contributed by atoms with Crippen molar-refractivity contribution in [1.82, 2.24) is 0 Å². The predicted molar refractivity (Wildman–Crippen MR) is 93.4 cm³/mol. The van der Waals surface area contributed by atoms with E-state index in [0.717, 1.165) is 16.6 Å². The number of non-ortho nitro benzene ring substituents is 1. The van der Waals surface area contributed by atoms with Gasteiger partial charge >= 0.3 is 5.17 Å². The summed E-state index contributed by atoms with van der Waals surface area (Å²) in [5.74, 6) is 0.885. The van der Waals surface area contributed by atoms with E-state index in [2.05, 4.69) is 4.90 Å². The molecule has 2 aromatic carbocycles. The molecule has 2 heterocycles. The van der Waals surface area contributed by atoms with E-state index in [1.807, 2.05) is 34.9 Å². The molecule has 4 rings (SSSR count). The molecule has 0 fully saturated rings. The van der Waals surface area contributed by atoms with Crippen LogP contribution in [0.1, 0.15) is 5.56 Å². The van der Waals surface area contributed by atoms with Crippen LogP contribution in [0.2, 0.25) is 0 Å². The molecule has 1 N–H and O–H groups in total. The second-order valence-electron chi connectivity index (χ2n) is 5.83. The molecule has 2 aromatic rings. The fourth-order valence-electron chi connectivity index (χ4n) is 3.27. The Bertz CT molecular complexity index is 840. The Morgan fingerprint density at radius 2 is 2.00 bits per heavy atom. The van der Waals surface area contributed by atoms with E-state index < -0.39 is 10.6 Å². The number of amidine groups is 1. The van der Waals surface area contributed by atoms with Gasteiger partial charge in [0.1, 0.15) is 5.69 Å². The van der Waals surface area contributed by atoms with E-state index in [1.54, 1.807) is 23.9 Å². The van der Waals surface area contributed by atoms with Crippen LogP contribution in [0.15, 0.2) is 54.6 Å². The summed E-state index contributed by atoms with van der Waals surface area (Å²) < 4.78 is 1.95. The van der Waals surface area contributed by atoms with E-state index >= 15 is 0 Å². The van der Waals surface area contributed by atoms with Crippen molar-refractivity contribution in [3.05, 3.63) is 70.3 Å². The van der Waals surface area contributed by atoms with Gasteiger partial charge in [-0.15, -0.1) is 0 Å². The SMILES string of the molecule is O=[N+]([O-])c1cccc(C2(O)CN(c3ccccc3)C3=[N+]2CCS3)c1. The van der Waals surface area contributed by atoms with Crippen molar-refractivity contribution in [2.75, 3.05) is 23.7 Å². The molecule has 0 radical (unpaired) electrons. The summed E-state index contributed by atoms with van der Waals surface area (Å²) in [5, 5.41) is 23.5. The first-order valence-corrected chi connectivity index (χ1v) is 8.65. The lowest BCUT2D eigenvalue weighted by atomic mass is 10.0. The Morgan fingerprint density at radius 3 is 2.75 bits per heavy atom. The van der Waals surface area contributed by atoms with Crippen LogP contribution in [0.5, 0.6) is 0 Å². The minimum absolute atomic E-state index is 0.00696. The van der Waals surface area contributed by atoms with Gasteiger partial charge in [0, 0.05) is 23.4 Å². The van der Waals surface area contributed by atoms with Crippen LogP contribution in [-0.4, -0.2) is 38.6 Å². The number of para-hydroxylation sites is 1. The van der Waals surface area contributed by atoms with Gasteiger partial charge in [0.15, 0.2) is 6.54 Å². The molecular weight excluding hydrogens is 326 g/mol. The van der Waals surface area contributed by atoms with Crippen molar-refractivity contribution in [1.29, 1.82) is 0 Å². The van der Waals surface area contributed by atoms with E-state index in [0.29, 0.717) is 18.7 Å². The molecule has 0 spiro atoms. The maximum absolute atomic E-state index is 11.4. The molecule has 2 aliphatic rings. The van der Waals surface area contributed by atoms with E-state index in [4.69, 9.17) is 0 Å². The van der Waals surface area contributed by atoms with Gasteiger partial charge in [-0.2, -0.15) is 0 Å². The fraction of sp³-hybridized carbons (Fsp3) is 0.235. The van der Waals surface area contributed by atoms with Crippen molar-refractivity contribution in [3.63, 3.8) is 0 Å². The Balaban J connectivity index is 1.79. The first kappa shape index (κ1) is 15.2. The van der Waals surface area contributed by atoms with E-state index in [1.165, 1.54) is 12.1 Å². The molecule has 0 aliphatic carbocycles. The molecule has 24 heavy (non-hydrogen) atoms. The van der Waals surface area contributed by atoms with Crippen LogP contribution in [0.4, 0.5) is 11.4 Å². The number of nitro groups is 1. The zero-order chi connectivity index (χ0) is 16.7. The number of nitro benzene ring substituents is 1. The van der Waals surface area contributed by atoms with Gasteiger partial charge in [-0.25, -0.2) is 9.48 Å². The quantitative estimate of drug-likeness (QED) is 0.527. The Kier molecular flexibility index (Phi) is 3.54. The lowest BCUT2D eigenvalue weighted by Gasteiger charge is -2.22. The molecule has 122 valence electrons. The number of anilines is 1. The number of aliphatic hydroxyl groups is 1. The first-order chi connectivity index (χ1) is 11.6. The molecule has 0 saturated carbocycles. The minimum Gasteiger partial charge on any atom is -0.346 e. The van der Waals surface area contributed by atoms with Gasteiger partial charge < -0.3 is 5.11 Å². The first-order valence-electron chi connectivity index (χ1n) is 7.67. The highest BCUT2D eigenvalue weighted by Crippen LogP contribution is 2.38. The minimum atomic E-state index is -1.26. The number of hydrogen-bond donors (Lipinski definition) is 1. The van der Waals surface area contributed by atoms with Crippen molar-refractivity contribution >= 4 is 28.3 Å². The van der Waals surface area contributed by atoms with E-state index in [9.17, 15) is 15.2 Å². The lowest BCUT2D eigenvalue weighted by molar-refractivity contribution is -0.650. The molecule has 0 saturated heterocycles.